The summed E-state index contributed by atoms with van der Waals surface area (Å²) in [7, 11) is 0. The van der Waals surface area contributed by atoms with Crippen molar-refractivity contribution in [3.63, 3.8) is 0 Å². The van der Waals surface area contributed by atoms with E-state index in [2.05, 4.69) is 0 Å². The van der Waals surface area contributed by atoms with Crippen LogP contribution in [0.25, 0.3) is 0 Å². The quantitative estimate of drug-likeness (QED) is 0.462. The molecule has 0 aliphatic carbocycles. The lowest BCUT2D eigenvalue weighted by atomic mass is 10.0. The lowest BCUT2D eigenvalue weighted by Crippen LogP contribution is -2.44. The standard InChI is InChI=1S/C5H10O4/c1-3(6)5(2,9)4(7)8/h3,6,9H,1-2H3,(H,7,8)/t3-,5+/m1/s1. The number of carbonyl (C=O) groups is 1. The Morgan fingerprint density at radius 2 is 2.00 bits per heavy atom. The minimum absolute atomic E-state index is 1.04. The zero-order chi connectivity index (χ0) is 7.65. The summed E-state index contributed by atoms with van der Waals surface area (Å²) in [4.78, 5) is 10.1. The Morgan fingerprint density at radius 3 is 2.00 bits per heavy atom. The summed E-state index contributed by atoms with van der Waals surface area (Å²) in [5, 5.41) is 25.6. The van der Waals surface area contributed by atoms with Crippen molar-refractivity contribution in [3.05, 3.63) is 0 Å². The van der Waals surface area contributed by atoms with Gasteiger partial charge in [-0.05, 0) is 13.8 Å². The Morgan fingerprint density at radius 1 is 1.67 bits per heavy atom. The highest BCUT2D eigenvalue weighted by Crippen LogP contribution is 2.08. The molecule has 0 fully saturated rings. The van der Waals surface area contributed by atoms with E-state index in [9.17, 15) is 4.79 Å². The fourth-order valence-corrected chi connectivity index (χ4v) is 0.179. The lowest BCUT2D eigenvalue weighted by molar-refractivity contribution is -0.167. The van der Waals surface area contributed by atoms with Crippen LogP contribution >= 0.6 is 0 Å². The molecule has 0 aromatic heterocycles. The number of aliphatic hydroxyl groups is 2. The van der Waals surface area contributed by atoms with E-state index >= 15 is 0 Å². The van der Waals surface area contributed by atoms with Crippen molar-refractivity contribution in [2.75, 3.05) is 0 Å². The van der Waals surface area contributed by atoms with Crippen molar-refractivity contribution in [2.45, 2.75) is 25.6 Å². The van der Waals surface area contributed by atoms with Crippen LogP contribution in [0.15, 0.2) is 0 Å². The molecule has 0 radical (unpaired) electrons. The number of hydrogen-bond acceptors (Lipinski definition) is 3. The van der Waals surface area contributed by atoms with Crippen LogP contribution in [-0.4, -0.2) is 33.0 Å². The highest BCUT2D eigenvalue weighted by Gasteiger charge is 2.35. The Labute approximate surface area is 52.7 Å². The smallest absolute Gasteiger partial charge is 0.338 e. The largest absolute Gasteiger partial charge is 0.479 e. The van der Waals surface area contributed by atoms with Gasteiger partial charge in [-0.1, -0.05) is 0 Å². The van der Waals surface area contributed by atoms with E-state index in [0.29, 0.717) is 0 Å². The second-order valence-electron chi connectivity index (χ2n) is 2.13. The molecule has 0 aromatic rings. The van der Waals surface area contributed by atoms with Crippen LogP contribution in [0, 0.1) is 0 Å². The molecule has 4 heteroatoms. The van der Waals surface area contributed by atoms with Gasteiger partial charge in [-0.25, -0.2) is 4.79 Å². The van der Waals surface area contributed by atoms with Crippen LogP contribution < -0.4 is 0 Å². The molecule has 2 atom stereocenters. The van der Waals surface area contributed by atoms with E-state index in [-0.39, 0.29) is 0 Å². The molecule has 0 unspecified atom stereocenters. The van der Waals surface area contributed by atoms with Gasteiger partial charge in [0, 0.05) is 0 Å². The van der Waals surface area contributed by atoms with Crippen LogP contribution in [0.5, 0.6) is 0 Å². The van der Waals surface area contributed by atoms with E-state index < -0.39 is 17.7 Å². The molecule has 0 saturated heterocycles. The summed E-state index contributed by atoms with van der Waals surface area (Å²) in [5.74, 6) is -1.42. The van der Waals surface area contributed by atoms with E-state index in [4.69, 9.17) is 15.3 Å². The van der Waals surface area contributed by atoms with E-state index in [1.165, 1.54) is 6.92 Å². The van der Waals surface area contributed by atoms with Crippen molar-refractivity contribution < 1.29 is 20.1 Å². The third-order valence-corrected chi connectivity index (χ3v) is 1.25. The third-order valence-electron chi connectivity index (χ3n) is 1.25. The number of aliphatic carboxylic acids is 1. The molecule has 0 heterocycles. The Hall–Kier alpha value is -0.610. The molecule has 0 amide bonds. The van der Waals surface area contributed by atoms with Crippen molar-refractivity contribution in [1.29, 1.82) is 0 Å². The lowest BCUT2D eigenvalue weighted by Gasteiger charge is -2.20. The summed E-state index contributed by atoms with van der Waals surface area (Å²) < 4.78 is 0. The first-order chi connectivity index (χ1) is 3.89. The molecule has 0 aliphatic heterocycles. The van der Waals surface area contributed by atoms with E-state index in [1.54, 1.807) is 0 Å². The molecule has 3 N–H and O–H groups in total. The van der Waals surface area contributed by atoms with Gasteiger partial charge in [-0.15, -0.1) is 0 Å². The summed E-state index contributed by atoms with van der Waals surface area (Å²) in [6.07, 6.45) is -1.25. The van der Waals surface area contributed by atoms with Gasteiger partial charge in [0.25, 0.3) is 0 Å². The van der Waals surface area contributed by atoms with Crippen LogP contribution in [0.3, 0.4) is 0 Å². The van der Waals surface area contributed by atoms with Gasteiger partial charge in [-0.2, -0.15) is 0 Å². The number of aliphatic hydroxyl groups excluding tert-OH is 1. The maximum Gasteiger partial charge on any atom is 0.338 e. The SMILES string of the molecule is C[C@@H](O)[C@](C)(O)C(=O)O. The van der Waals surface area contributed by atoms with Crippen molar-refractivity contribution in [1.82, 2.24) is 0 Å². The molecule has 0 rings (SSSR count). The van der Waals surface area contributed by atoms with Crippen LogP contribution in [0.2, 0.25) is 0 Å². The van der Waals surface area contributed by atoms with Crippen LogP contribution in [0.4, 0.5) is 0 Å². The molecular weight excluding hydrogens is 124 g/mol. The first kappa shape index (κ1) is 8.39. The van der Waals surface area contributed by atoms with Gasteiger partial charge in [0.15, 0.2) is 5.60 Å². The molecule has 54 valence electrons. The molecular formula is C5H10O4. The molecule has 0 aliphatic rings. The fourth-order valence-electron chi connectivity index (χ4n) is 0.179. The summed E-state index contributed by atoms with van der Waals surface area (Å²) in [6, 6.07) is 0. The molecule has 0 aromatic carbocycles. The zero-order valence-electron chi connectivity index (χ0n) is 5.33. The minimum atomic E-state index is -2.03. The van der Waals surface area contributed by atoms with Gasteiger partial charge in [0.05, 0.1) is 6.10 Å². The van der Waals surface area contributed by atoms with Crippen molar-refractivity contribution >= 4 is 5.97 Å². The van der Waals surface area contributed by atoms with Crippen LogP contribution in [-0.2, 0) is 4.79 Å². The van der Waals surface area contributed by atoms with Gasteiger partial charge in [-0.3, -0.25) is 0 Å². The van der Waals surface area contributed by atoms with Gasteiger partial charge in [0.1, 0.15) is 0 Å². The third kappa shape index (κ3) is 1.65. The molecule has 0 bridgehead atoms. The molecule has 0 spiro atoms. The van der Waals surface area contributed by atoms with Crippen LogP contribution in [0.1, 0.15) is 13.8 Å². The predicted octanol–water partition coefficient (Wildman–Crippen LogP) is -0.797. The fraction of sp³-hybridized carbons (Fsp3) is 0.800. The average Bonchev–Trinajstić information content (AvgIpc) is 1.65. The second-order valence-corrected chi connectivity index (χ2v) is 2.13. The Kier molecular flexibility index (Phi) is 2.17. The maximum atomic E-state index is 10.1. The monoisotopic (exact) mass is 134 g/mol. The van der Waals surface area contributed by atoms with Crippen molar-refractivity contribution in [2.24, 2.45) is 0 Å². The first-order valence-corrected chi connectivity index (χ1v) is 2.53. The number of carboxylic acids is 1. The topological polar surface area (TPSA) is 77.8 Å². The Balaban J connectivity index is 4.19. The van der Waals surface area contributed by atoms with Gasteiger partial charge < -0.3 is 15.3 Å². The maximum absolute atomic E-state index is 10.1. The average molecular weight is 134 g/mol. The summed E-state index contributed by atoms with van der Waals surface area (Å²) >= 11 is 0. The predicted molar refractivity (Wildman–Crippen MR) is 29.9 cm³/mol. The number of rotatable bonds is 2. The molecule has 9 heavy (non-hydrogen) atoms. The number of hydrogen-bond donors (Lipinski definition) is 3. The van der Waals surface area contributed by atoms with E-state index in [0.717, 1.165) is 6.92 Å². The second kappa shape index (κ2) is 2.33. The highest BCUT2D eigenvalue weighted by molar-refractivity contribution is 5.77. The van der Waals surface area contributed by atoms with Gasteiger partial charge in [0.2, 0.25) is 0 Å². The Bertz CT molecular complexity index is 116. The first-order valence-electron chi connectivity index (χ1n) is 2.53. The summed E-state index contributed by atoms with van der Waals surface area (Å²) in [6.45, 7) is 2.26. The summed E-state index contributed by atoms with van der Waals surface area (Å²) in [5.41, 5.74) is -2.03. The normalized spacial score (nSPS) is 20.4. The molecule has 0 saturated carbocycles. The highest BCUT2D eigenvalue weighted by atomic mass is 16.4. The minimum Gasteiger partial charge on any atom is -0.479 e. The number of carboxylic acid groups (broad SMARTS) is 1. The zero-order valence-corrected chi connectivity index (χ0v) is 5.33. The van der Waals surface area contributed by atoms with Gasteiger partial charge >= 0.3 is 5.97 Å². The van der Waals surface area contributed by atoms with Crippen molar-refractivity contribution in [3.8, 4) is 0 Å². The molecule has 4 nitrogen and oxygen atoms in total. The van der Waals surface area contributed by atoms with E-state index in [1.807, 2.05) is 0 Å².